The van der Waals surface area contributed by atoms with Gasteiger partial charge in [-0.2, -0.15) is 0 Å². The van der Waals surface area contributed by atoms with Gasteiger partial charge >= 0.3 is 5.97 Å². The van der Waals surface area contributed by atoms with E-state index in [1.807, 2.05) is 6.08 Å². The minimum absolute atomic E-state index is 0.00443. The van der Waals surface area contributed by atoms with Crippen molar-refractivity contribution in [2.45, 2.75) is 62.8 Å². The van der Waals surface area contributed by atoms with E-state index in [1.165, 1.54) is 0 Å². The van der Waals surface area contributed by atoms with Crippen LogP contribution in [0.3, 0.4) is 0 Å². The second kappa shape index (κ2) is 10.3. The van der Waals surface area contributed by atoms with Crippen LogP contribution in [0.1, 0.15) is 32.1 Å². The van der Waals surface area contributed by atoms with E-state index in [-0.39, 0.29) is 30.6 Å². The largest absolute Gasteiger partial charge is 0.481 e. The molecule has 1 heterocycles. The van der Waals surface area contributed by atoms with Crippen LogP contribution in [0.4, 0.5) is 0 Å². The highest BCUT2D eigenvalue weighted by Crippen LogP contribution is 2.34. The molecule has 7 atom stereocenters. The molecule has 0 aromatic carbocycles. The van der Waals surface area contributed by atoms with Crippen molar-refractivity contribution in [1.29, 1.82) is 0 Å². The quantitative estimate of drug-likeness (QED) is 0.252. The highest BCUT2D eigenvalue weighted by molar-refractivity contribution is 5.84. The van der Waals surface area contributed by atoms with Crippen LogP contribution in [0.15, 0.2) is 12.2 Å². The minimum Gasteiger partial charge on any atom is -0.481 e. The molecule has 2 aliphatic rings. The number of Topliss-reactive ketones (excluding diaryl/α,β-unsaturated/α-hetero) is 1. The van der Waals surface area contributed by atoms with Gasteiger partial charge in [0, 0.05) is 18.8 Å². The van der Waals surface area contributed by atoms with Gasteiger partial charge in [0.25, 0.3) is 0 Å². The van der Waals surface area contributed by atoms with Crippen LogP contribution in [0.5, 0.6) is 0 Å². The minimum atomic E-state index is -1.48. The summed E-state index contributed by atoms with van der Waals surface area (Å²) in [5.74, 6) is -1.17. The summed E-state index contributed by atoms with van der Waals surface area (Å²) in [5.41, 5.74) is 0. The summed E-state index contributed by atoms with van der Waals surface area (Å²) in [7, 11) is 0. The lowest BCUT2D eigenvalue weighted by molar-refractivity contribution is -0.300. The second-order valence-electron chi connectivity index (χ2n) is 7.03. The van der Waals surface area contributed by atoms with Gasteiger partial charge < -0.3 is 35.0 Å². The molecule has 1 saturated carbocycles. The van der Waals surface area contributed by atoms with Crippen molar-refractivity contribution in [3.63, 3.8) is 0 Å². The van der Waals surface area contributed by atoms with Crippen molar-refractivity contribution in [2.75, 3.05) is 13.2 Å². The number of rotatable bonds is 9. The van der Waals surface area contributed by atoms with Gasteiger partial charge in [-0.05, 0) is 25.2 Å². The first-order chi connectivity index (χ1) is 12.8. The maximum atomic E-state index is 11.9. The van der Waals surface area contributed by atoms with E-state index in [0.29, 0.717) is 25.7 Å². The molecule has 2 fully saturated rings. The molecule has 9 heteroatoms. The van der Waals surface area contributed by atoms with Crippen molar-refractivity contribution in [1.82, 2.24) is 0 Å². The van der Waals surface area contributed by atoms with Crippen LogP contribution in [0.25, 0.3) is 0 Å². The van der Waals surface area contributed by atoms with Crippen LogP contribution in [-0.2, 0) is 19.1 Å². The summed E-state index contributed by atoms with van der Waals surface area (Å²) in [6.07, 6.45) is -0.898. The van der Waals surface area contributed by atoms with Gasteiger partial charge in [-0.15, -0.1) is 0 Å². The topological polar surface area (TPSA) is 154 Å². The number of aliphatic hydroxyl groups is 4. The van der Waals surface area contributed by atoms with Gasteiger partial charge in [-0.25, -0.2) is 0 Å². The third-order valence-electron chi connectivity index (χ3n) is 5.15. The van der Waals surface area contributed by atoms with E-state index < -0.39 is 43.3 Å². The van der Waals surface area contributed by atoms with Gasteiger partial charge in [-0.3, -0.25) is 9.59 Å². The van der Waals surface area contributed by atoms with Crippen LogP contribution in [-0.4, -0.2) is 81.2 Å². The first-order valence-electron chi connectivity index (χ1n) is 9.16. The van der Waals surface area contributed by atoms with E-state index in [4.69, 9.17) is 19.7 Å². The fraction of sp³-hybridized carbons (Fsp3) is 0.778. The smallest absolute Gasteiger partial charge is 0.303 e. The van der Waals surface area contributed by atoms with E-state index in [2.05, 4.69) is 0 Å². The molecule has 9 nitrogen and oxygen atoms in total. The standard InChI is InChI=1S/C18H28O9/c19-9-13-15(23)16(24)17(25)18(27-13)26-7-3-1-2-4-11-10(8-14(21)22)5-6-12(11)20/h1-2,10-11,13,15-19,23-25H,3-9H2,(H,21,22)/b2-1+/t10-,11-,13-,15-,16+,17-,18-/m1/s1. The molecule has 1 aliphatic carbocycles. The summed E-state index contributed by atoms with van der Waals surface area (Å²) < 4.78 is 10.6. The number of carboxylic acids is 1. The maximum absolute atomic E-state index is 11.9. The Balaban J connectivity index is 1.73. The Kier molecular flexibility index (Phi) is 8.33. The van der Waals surface area contributed by atoms with E-state index in [1.54, 1.807) is 6.08 Å². The molecular weight excluding hydrogens is 360 g/mol. The van der Waals surface area contributed by atoms with Crippen molar-refractivity contribution >= 4 is 11.8 Å². The normalized spacial score (nSPS) is 37.2. The fourth-order valence-corrected chi connectivity index (χ4v) is 3.59. The molecule has 0 spiro atoms. The van der Waals surface area contributed by atoms with Crippen LogP contribution in [0.2, 0.25) is 0 Å². The molecule has 5 N–H and O–H groups in total. The molecule has 0 bridgehead atoms. The Morgan fingerprint density at radius 1 is 1.19 bits per heavy atom. The number of hydrogen-bond donors (Lipinski definition) is 5. The highest BCUT2D eigenvalue weighted by atomic mass is 16.7. The number of carbonyl (C=O) groups excluding carboxylic acids is 1. The number of ether oxygens (including phenoxy) is 2. The lowest BCUT2D eigenvalue weighted by Gasteiger charge is -2.39. The van der Waals surface area contributed by atoms with Gasteiger partial charge in [0.2, 0.25) is 0 Å². The van der Waals surface area contributed by atoms with E-state index in [0.717, 1.165) is 0 Å². The molecular formula is C18H28O9. The molecule has 154 valence electrons. The van der Waals surface area contributed by atoms with Crippen molar-refractivity contribution in [2.24, 2.45) is 11.8 Å². The molecule has 2 rings (SSSR count). The molecule has 27 heavy (non-hydrogen) atoms. The van der Waals surface area contributed by atoms with Crippen molar-refractivity contribution in [3.8, 4) is 0 Å². The first-order valence-corrected chi connectivity index (χ1v) is 9.16. The fourth-order valence-electron chi connectivity index (χ4n) is 3.59. The highest BCUT2D eigenvalue weighted by Gasteiger charge is 2.43. The van der Waals surface area contributed by atoms with Gasteiger partial charge in [0.1, 0.15) is 30.2 Å². The number of aliphatic carboxylic acids is 1. The van der Waals surface area contributed by atoms with Gasteiger partial charge in [0.05, 0.1) is 13.2 Å². The number of allylic oxidation sites excluding steroid dienone is 1. The Morgan fingerprint density at radius 3 is 2.59 bits per heavy atom. The maximum Gasteiger partial charge on any atom is 0.303 e. The summed E-state index contributed by atoms with van der Waals surface area (Å²) in [5, 5.41) is 47.3. The van der Waals surface area contributed by atoms with Crippen LogP contribution < -0.4 is 0 Å². The summed E-state index contributed by atoms with van der Waals surface area (Å²) in [6, 6.07) is 0. The molecule has 0 amide bonds. The monoisotopic (exact) mass is 388 g/mol. The van der Waals surface area contributed by atoms with Crippen molar-refractivity contribution in [3.05, 3.63) is 12.2 Å². The third-order valence-corrected chi connectivity index (χ3v) is 5.15. The van der Waals surface area contributed by atoms with E-state index in [9.17, 15) is 24.9 Å². The second-order valence-corrected chi connectivity index (χ2v) is 7.03. The number of carboxylic acid groups (broad SMARTS) is 1. The average molecular weight is 388 g/mol. The predicted molar refractivity (Wildman–Crippen MR) is 91.6 cm³/mol. The number of carbonyl (C=O) groups is 2. The zero-order valence-corrected chi connectivity index (χ0v) is 15.0. The molecule has 0 unspecified atom stereocenters. The average Bonchev–Trinajstić information content (AvgIpc) is 2.96. The van der Waals surface area contributed by atoms with E-state index >= 15 is 0 Å². The molecule has 0 aromatic rings. The summed E-state index contributed by atoms with van der Waals surface area (Å²) >= 11 is 0. The number of hydrogen-bond acceptors (Lipinski definition) is 8. The molecule has 1 aliphatic heterocycles. The Morgan fingerprint density at radius 2 is 1.93 bits per heavy atom. The van der Waals surface area contributed by atoms with Crippen LogP contribution in [0, 0.1) is 11.8 Å². The number of ketones is 1. The molecule has 1 saturated heterocycles. The lowest BCUT2D eigenvalue weighted by atomic mass is 9.89. The zero-order chi connectivity index (χ0) is 20.0. The first kappa shape index (κ1) is 21.9. The lowest BCUT2D eigenvalue weighted by Crippen LogP contribution is -2.59. The summed E-state index contributed by atoms with van der Waals surface area (Å²) in [4.78, 5) is 22.7. The predicted octanol–water partition coefficient (Wildman–Crippen LogP) is -0.791. The Labute approximate surface area is 157 Å². The third kappa shape index (κ3) is 5.81. The number of aliphatic hydroxyl groups excluding tert-OH is 4. The van der Waals surface area contributed by atoms with Crippen molar-refractivity contribution < 1.29 is 44.6 Å². The Bertz CT molecular complexity index is 533. The van der Waals surface area contributed by atoms with Gasteiger partial charge in [0.15, 0.2) is 6.29 Å². The van der Waals surface area contributed by atoms with Crippen LogP contribution >= 0.6 is 0 Å². The molecule has 0 radical (unpaired) electrons. The zero-order valence-electron chi connectivity index (χ0n) is 15.0. The Hall–Kier alpha value is -1.36. The SMILES string of the molecule is O=C(O)C[C@H]1CCC(=O)[C@@H]1C/C=C/CCO[C@@H]1O[C@H](CO)[C@@H](O)[C@H](O)[C@H]1O. The van der Waals surface area contributed by atoms with Gasteiger partial charge in [-0.1, -0.05) is 12.2 Å². The molecule has 0 aromatic heterocycles. The summed E-state index contributed by atoms with van der Waals surface area (Å²) in [6.45, 7) is -0.353.